The second-order valence-corrected chi connectivity index (χ2v) is 6.87. The molecule has 0 unspecified atom stereocenters. The molecule has 0 saturated carbocycles. The van der Waals surface area contributed by atoms with Crippen LogP contribution in [0.15, 0.2) is 42.5 Å². The van der Waals surface area contributed by atoms with Crippen LogP contribution < -0.4 is 9.80 Å². The maximum Gasteiger partial charge on any atom is 0.266 e. The standard InChI is InChI=1S/C20H18N2O3/c1-4-21-16-10-9-12(11-15(16)20(2,3)19(21)25)22-17(23)13-7-5-6-8-14(13)18(22)24/h5-11H,4H2,1-3H3. The Morgan fingerprint density at radius 2 is 1.52 bits per heavy atom. The van der Waals surface area contributed by atoms with E-state index in [4.69, 9.17) is 0 Å². The maximum absolute atomic E-state index is 12.7. The van der Waals surface area contributed by atoms with Crippen LogP contribution in [0.2, 0.25) is 0 Å². The van der Waals surface area contributed by atoms with Crippen molar-refractivity contribution in [1.82, 2.24) is 0 Å². The number of fused-ring (bicyclic) bond motifs is 2. The third-order valence-electron chi connectivity index (χ3n) is 5.09. The summed E-state index contributed by atoms with van der Waals surface area (Å²) >= 11 is 0. The SMILES string of the molecule is CCN1C(=O)C(C)(C)c2cc(N3C(=O)c4ccccc4C3=O)ccc21. The fourth-order valence-corrected chi connectivity index (χ4v) is 3.70. The maximum atomic E-state index is 12.7. The molecule has 25 heavy (non-hydrogen) atoms. The van der Waals surface area contributed by atoms with E-state index in [-0.39, 0.29) is 17.7 Å². The number of carbonyl (C=O) groups is 3. The van der Waals surface area contributed by atoms with Crippen molar-refractivity contribution in [2.75, 3.05) is 16.3 Å². The van der Waals surface area contributed by atoms with Crippen molar-refractivity contribution in [3.8, 4) is 0 Å². The van der Waals surface area contributed by atoms with Crippen LogP contribution in [0.25, 0.3) is 0 Å². The average Bonchev–Trinajstić information content (AvgIpc) is 2.97. The molecule has 0 fully saturated rings. The van der Waals surface area contributed by atoms with Crippen LogP contribution in [0.5, 0.6) is 0 Å². The van der Waals surface area contributed by atoms with Crippen molar-refractivity contribution in [1.29, 1.82) is 0 Å². The van der Waals surface area contributed by atoms with E-state index in [0.29, 0.717) is 23.4 Å². The molecular weight excluding hydrogens is 316 g/mol. The van der Waals surface area contributed by atoms with Gasteiger partial charge >= 0.3 is 0 Å². The molecule has 2 aromatic carbocycles. The van der Waals surface area contributed by atoms with E-state index < -0.39 is 5.41 Å². The first-order chi connectivity index (χ1) is 11.9. The zero-order valence-electron chi connectivity index (χ0n) is 14.4. The molecule has 4 rings (SSSR count). The van der Waals surface area contributed by atoms with Gasteiger partial charge in [-0.15, -0.1) is 0 Å². The summed E-state index contributed by atoms with van der Waals surface area (Å²) in [7, 11) is 0. The number of imide groups is 1. The van der Waals surface area contributed by atoms with Gasteiger partial charge in [-0.1, -0.05) is 12.1 Å². The van der Waals surface area contributed by atoms with Gasteiger partial charge in [-0.3, -0.25) is 14.4 Å². The van der Waals surface area contributed by atoms with Gasteiger partial charge in [0.2, 0.25) is 5.91 Å². The normalized spacial score (nSPS) is 18.0. The summed E-state index contributed by atoms with van der Waals surface area (Å²) in [4.78, 5) is 40.9. The van der Waals surface area contributed by atoms with E-state index in [1.54, 1.807) is 41.3 Å². The van der Waals surface area contributed by atoms with Gasteiger partial charge in [-0.25, -0.2) is 4.90 Å². The highest BCUT2D eigenvalue weighted by molar-refractivity contribution is 6.34. The van der Waals surface area contributed by atoms with Gasteiger partial charge in [0.05, 0.1) is 22.2 Å². The molecule has 0 aromatic heterocycles. The quantitative estimate of drug-likeness (QED) is 0.793. The summed E-state index contributed by atoms with van der Waals surface area (Å²) in [6, 6.07) is 12.2. The van der Waals surface area contributed by atoms with Gasteiger partial charge in [0.1, 0.15) is 0 Å². The van der Waals surface area contributed by atoms with Crippen molar-refractivity contribution in [3.05, 3.63) is 59.2 Å². The van der Waals surface area contributed by atoms with Crippen LogP contribution in [0, 0.1) is 0 Å². The van der Waals surface area contributed by atoms with Crippen molar-refractivity contribution in [2.24, 2.45) is 0 Å². The topological polar surface area (TPSA) is 57.7 Å². The summed E-state index contributed by atoms with van der Waals surface area (Å²) < 4.78 is 0. The third-order valence-corrected chi connectivity index (χ3v) is 5.09. The number of hydrogen-bond acceptors (Lipinski definition) is 3. The molecule has 0 saturated heterocycles. The smallest absolute Gasteiger partial charge is 0.266 e. The third kappa shape index (κ3) is 1.92. The summed E-state index contributed by atoms with van der Waals surface area (Å²) in [5.41, 5.74) is 2.34. The van der Waals surface area contributed by atoms with Gasteiger partial charge in [0.25, 0.3) is 11.8 Å². The first-order valence-corrected chi connectivity index (χ1v) is 8.32. The Morgan fingerprint density at radius 3 is 2.08 bits per heavy atom. The zero-order chi connectivity index (χ0) is 17.9. The number of hydrogen-bond donors (Lipinski definition) is 0. The Kier molecular flexibility index (Phi) is 3.13. The molecule has 3 amide bonds. The van der Waals surface area contributed by atoms with Crippen molar-refractivity contribution in [3.63, 3.8) is 0 Å². The lowest BCUT2D eigenvalue weighted by atomic mass is 9.86. The number of nitrogens with zero attached hydrogens (tertiary/aromatic N) is 2. The lowest BCUT2D eigenvalue weighted by molar-refractivity contribution is -0.122. The van der Waals surface area contributed by atoms with E-state index in [1.807, 2.05) is 26.8 Å². The van der Waals surface area contributed by atoms with Crippen molar-refractivity contribution in [2.45, 2.75) is 26.2 Å². The molecule has 2 aromatic rings. The van der Waals surface area contributed by atoms with E-state index >= 15 is 0 Å². The molecule has 2 heterocycles. The number of carbonyl (C=O) groups excluding carboxylic acids is 3. The highest BCUT2D eigenvalue weighted by Crippen LogP contribution is 2.43. The minimum atomic E-state index is -0.681. The second kappa shape index (κ2) is 5.02. The molecule has 0 radical (unpaired) electrons. The van der Waals surface area contributed by atoms with Crippen LogP contribution >= 0.6 is 0 Å². The lowest BCUT2D eigenvalue weighted by Gasteiger charge is -2.19. The minimum Gasteiger partial charge on any atom is -0.312 e. The largest absolute Gasteiger partial charge is 0.312 e. The molecule has 0 aliphatic carbocycles. The predicted molar refractivity (Wildman–Crippen MR) is 95.1 cm³/mol. The molecule has 126 valence electrons. The molecule has 0 spiro atoms. The summed E-state index contributed by atoms with van der Waals surface area (Å²) in [6.07, 6.45) is 0. The molecular formula is C20H18N2O3. The lowest BCUT2D eigenvalue weighted by Crippen LogP contribution is -2.35. The monoisotopic (exact) mass is 334 g/mol. The first kappa shape index (κ1) is 15.6. The Balaban J connectivity index is 1.83. The number of likely N-dealkylation sites (N-methyl/N-ethyl adjacent to an activating group) is 1. The van der Waals surface area contributed by atoms with Crippen LogP contribution in [0.1, 0.15) is 47.1 Å². The van der Waals surface area contributed by atoms with Gasteiger partial charge in [-0.2, -0.15) is 0 Å². The van der Waals surface area contributed by atoms with Crippen LogP contribution in [-0.2, 0) is 10.2 Å². The van der Waals surface area contributed by atoms with E-state index in [0.717, 1.165) is 11.3 Å². The Morgan fingerprint density at radius 1 is 0.920 bits per heavy atom. The molecule has 0 atom stereocenters. The summed E-state index contributed by atoms with van der Waals surface area (Å²) in [5, 5.41) is 0. The average molecular weight is 334 g/mol. The number of benzene rings is 2. The molecule has 5 heteroatoms. The summed E-state index contributed by atoms with van der Waals surface area (Å²) in [5.74, 6) is -0.616. The Hall–Kier alpha value is -2.95. The van der Waals surface area contributed by atoms with Gasteiger partial charge in [0, 0.05) is 12.2 Å². The van der Waals surface area contributed by atoms with Gasteiger partial charge in [0.15, 0.2) is 0 Å². The Labute approximate surface area is 145 Å². The molecule has 0 N–H and O–H groups in total. The van der Waals surface area contributed by atoms with Crippen LogP contribution in [-0.4, -0.2) is 24.3 Å². The van der Waals surface area contributed by atoms with Gasteiger partial charge in [-0.05, 0) is 56.7 Å². The Bertz CT molecular complexity index is 911. The summed E-state index contributed by atoms with van der Waals surface area (Å²) in [6.45, 7) is 6.26. The van der Waals surface area contributed by atoms with Crippen molar-refractivity contribution < 1.29 is 14.4 Å². The molecule has 5 nitrogen and oxygen atoms in total. The predicted octanol–water partition coefficient (Wildman–Crippen LogP) is 3.13. The zero-order valence-corrected chi connectivity index (χ0v) is 14.4. The van der Waals surface area contributed by atoms with Crippen LogP contribution in [0.3, 0.4) is 0 Å². The molecule has 0 bridgehead atoms. The van der Waals surface area contributed by atoms with Crippen LogP contribution in [0.4, 0.5) is 11.4 Å². The van der Waals surface area contributed by atoms with E-state index in [1.165, 1.54) is 4.90 Å². The second-order valence-electron chi connectivity index (χ2n) is 6.87. The number of rotatable bonds is 2. The minimum absolute atomic E-state index is 0.0320. The highest BCUT2D eigenvalue weighted by Gasteiger charge is 2.44. The van der Waals surface area contributed by atoms with E-state index in [2.05, 4.69) is 0 Å². The van der Waals surface area contributed by atoms with Gasteiger partial charge < -0.3 is 4.90 Å². The fourth-order valence-electron chi connectivity index (χ4n) is 3.70. The van der Waals surface area contributed by atoms with Crippen molar-refractivity contribution >= 4 is 29.1 Å². The molecule has 2 aliphatic rings. The van der Waals surface area contributed by atoms with E-state index in [9.17, 15) is 14.4 Å². The number of anilines is 2. The highest BCUT2D eigenvalue weighted by atomic mass is 16.2. The first-order valence-electron chi connectivity index (χ1n) is 8.32. The number of amides is 3. The fraction of sp³-hybridized carbons (Fsp3) is 0.250. The molecule has 2 aliphatic heterocycles.